The van der Waals surface area contributed by atoms with E-state index in [0.29, 0.717) is 16.7 Å². The molecule has 0 spiro atoms. The maximum atomic E-state index is 13.1. The second-order valence-electron chi connectivity index (χ2n) is 5.52. The highest BCUT2D eigenvalue weighted by Gasteiger charge is 2.23. The van der Waals surface area contributed by atoms with Gasteiger partial charge in [-0.15, -0.1) is 11.3 Å². The lowest BCUT2D eigenvalue weighted by atomic mass is 9.98. The Morgan fingerprint density at radius 2 is 2.05 bits per heavy atom. The number of fused-ring (bicyclic) bond motifs is 1. The number of rotatable bonds is 5. The van der Waals surface area contributed by atoms with Crippen LogP contribution < -0.4 is 5.32 Å². The number of amides is 1. The third-order valence-corrected chi connectivity index (χ3v) is 4.23. The zero-order valence-electron chi connectivity index (χ0n) is 11.8. The molecule has 1 aromatic heterocycles. The molecule has 0 radical (unpaired) electrons. The summed E-state index contributed by atoms with van der Waals surface area (Å²) in [4.78, 5) is 23.3. The van der Waals surface area contributed by atoms with E-state index in [1.54, 1.807) is 26.0 Å². The zero-order valence-corrected chi connectivity index (χ0v) is 12.6. The van der Waals surface area contributed by atoms with Gasteiger partial charge in [0.15, 0.2) is 0 Å². The third-order valence-electron chi connectivity index (χ3n) is 3.12. The molecule has 0 atom stereocenters. The number of aliphatic carboxylic acids is 1. The minimum atomic E-state index is -0.894. The number of carboxylic acids is 1. The number of nitrogens with one attached hydrogen (secondary N) is 1. The number of hydrogen-bond donors (Lipinski definition) is 2. The van der Waals surface area contributed by atoms with E-state index in [1.165, 1.54) is 23.5 Å². The van der Waals surface area contributed by atoms with Crippen LogP contribution in [0, 0.1) is 5.82 Å². The fourth-order valence-electron chi connectivity index (χ4n) is 1.98. The summed E-state index contributed by atoms with van der Waals surface area (Å²) in [5.41, 5.74) is -0.614. The van der Waals surface area contributed by atoms with E-state index in [2.05, 4.69) is 5.32 Å². The topological polar surface area (TPSA) is 66.4 Å². The van der Waals surface area contributed by atoms with E-state index in [1.807, 2.05) is 0 Å². The Hall–Kier alpha value is -1.95. The zero-order chi connectivity index (χ0) is 15.6. The third kappa shape index (κ3) is 4.01. The smallest absolute Gasteiger partial charge is 0.303 e. The lowest BCUT2D eigenvalue weighted by molar-refractivity contribution is -0.137. The van der Waals surface area contributed by atoms with Crippen molar-refractivity contribution in [1.29, 1.82) is 0 Å². The predicted octanol–water partition coefficient (Wildman–Crippen LogP) is 3.41. The van der Waals surface area contributed by atoms with Crippen LogP contribution in [0.3, 0.4) is 0 Å². The number of halogens is 1. The summed E-state index contributed by atoms with van der Waals surface area (Å²) < 4.78 is 14.0. The quantitative estimate of drug-likeness (QED) is 0.889. The molecule has 2 rings (SSSR count). The number of hydrogen-bond acceptors (Lipinski definition) is 3. The van der Waals surface area contributed by atoms with E-state index < -0.39 is 11.5 Å². The molecule has 4 nitrogen and oxygen atoms in total. The van der Waals surface area contributed by atoms with E-state index >= 15 is 0 Å². The lowest BCUT2D eigenvalue weighted by Crippen LogP contribution is -2.43. The average molecular weight is 309 g/mol. The molecule has 0 aliphatic carbocycles. The Morgan fingerprint density at radius 3 is 2.71 bits per heavy atom. The van der Waals surface area contributed by atoms with Crippen molar-refractivity contribution in [2.45, 2.75) is 32.2 Å². The van der Waals surface area contributed by atoms with Gasteiger partial charge in [0.05, 0.1) is 4.88 Å². The SMILES string of the molecule is CC(C)(CCC(=O)O)NC(=O)c1cc2cc(F)ccc2s1. The fourth-order valence-corrected chi connectivity index (χ4v) is 2.92. The van der Waals surface area contributed by atoms with Crippen LogP contribution in [-0.4, -0.2) is 22.5 Å². The van der Waals surface area contributed by atoms with Gasteiger partial charge >= 0.3 is 5.97 Å². The number of benzene rings is 1. The Bertz CT molecular complexity index is 693. The van der Waals surface area contributed by atoms with Crippen molar-refractivity contribution in [2.24, 2.45) is 0 Å². The second kappa shape index (κ2) is 5.81. The fraction of sp³-hybridized carbons (Fsp3) is 0.333. The largest absolute Gasteiger partial charge is 0.481 e. The molecule has 0 aliphatic heterocycles. The Morgan fingerprint density at radius 1 is 1.33 bits per heavy atom. The number of carbonyl (C=O) groups is 2. The van der Waals surface area contributed by atoms with Crippen LogP contribution in [-0.2, 0) is 4.79 Å². The van der Waals surface area contributed by atoms with Crippen molar-refractivity contribution >= 4 is 33.3 Å². The van der Waals surface area contributed by atoms with Crippen LogP contribution in [0.15, 0.2) is 24.3 Å². The van der Waals surface area contributed by atoms with Crippen LogP contribution in [0.25, 0.3) is 10.1 Å². The number of thiophene rings is 1. The lowest BCUT2D eigenvalue weighted by Gasteiger charge is -2.25. The monoisotopic (exact) mass is 309 g/mol. The van der Waals surface area contributed by atoms with E-state index in [0.717, 1.165) is 4.70 Å². The Kier molecular flexibility index (Phi) is 4.27. The summed E-state index contributed by atoms with van der Waals surface area (Å²) in [6.45, 7) is 3.56. The maximum absolute atomic E-state index is 13.1. The molecule has 0 saturated heterocycles. The first-order valence-corrected chi connectivity index (χ1v) is 7.32. The summed E-state index contributed by atoms with van der Waals surface area (Å²) in [5, 5.41) is 12.2. The van der Waals surface area contributed by atoms with Gasteiger partial charge in [0.2, 0.25) is 0 Å². The molecule has 0 saturated carbocycles. The molecule has 0 bridgehead atoms. The Balaban J connectivity index is 2.12. The van der Waals surface area contributed by atoms with Crippen LogP contribution in [0.5, 0.6) is 0 Å². The number of carboxylic acid groups (broad SMARTS) is 1. The van der Waals surface area contributed by atoms with Gasteiger partial charge in [-0.05, 0) is 49.9 Å². The second-order valence-corrected chi connectivity index (χ2v) is 6.61. The summed E-state index contributed by atoms with van der Waals surface area (Å²) >= 11 is 1.28. The molecule has 2 aromatic rings. The molecule has 1 amide bonds. The van der Waals surface area contributed by atoms with Crippen molar-refractivity contribution in [3.63, 3.8) is 0 Å². The molecule has 2 N–H and O–H groups in total. The van der Waals surface area contributed by atoms with Crippen LogP contribution in [0.4, 0.5) is 4.39 Å². The van der Waals surface area contributed by atoms with E-state index in [-0.39, 0.29) is 18.1 Å². The molecule has 21 heavy (non-hydrogen) atoms. The summed E-state index contributed by atoms with van der Waals surface area (Å²) in [6, 6.07) is 6.03. The first-order chi connectivity index (χ1) is 9.77. The normalized spacial score (nSPS) is 11.6. The van der Waals surface area contributed by atoms with Crippen molar-refractivity contribution < 1.29 is 19.1 Å². The Labute approximate surface area is 125 Å². The van der Waals surface area contributed by atoms with Crippen molar-refractivity contribution in [1.82, 2.24) is 5.32 Å². The van der Waals surface area contributed by atoms with Crippen molar-refractivity contribution in [2.75, 3.05) is 0 Å². The average Bonchev–Trinajstić information content (AvgIpc) is 2.79. The van der Waals surface area contributed by atoms with Gasteiger partial charge in [-0.25, -0.2) is 4.39 Å². The van der Waals surface area contributed by atoms with Gasteiger partial charge in [0.1, 0.15) is 5.82 Å². The molecule has 1 heterocycles. The first-order valence-electron chi connectivity index (χ1n) is 6.50. The summed E-state index contributed by atoms with van der Waals surface area (Å²) in [5.74, 6) is -1.50. The van der Waals surface area contributed by atoms with E-state index in [4.69, 9.17) is 5.11 Å². The summed E-state index contributed by atoms with van der Waals surface area (Å²) in [6.07, 6.45) is 0.332. The molecule has 0 aliphatic rings. The van der Waals surface area contributed by atoms with Gasteiger partial charge < -0.3 is 10.4 Å². The molecule has 6 heteroatoms. The first kappa shape index (κ1) is 15.4. The van der Waals surface area contributed by atoms with Gasteiger partial charge in [-0.1, -0.05) is 0 Å². The predicted molar refractivity (Wildman–Crippen MR) is 80.2 cm³/mol. The minimum Gasteiger partial charge on any atom is -0.481 e. The van der Waals surface area contributed by atoms with Crippen molar-refractivity contribution in [3.8, 4) is 0 Å². The highest BCUT2D eigenvalue weighted by Crippen LogP contribution is 2.26. The molecular formula is C15H16FNO3S. The molecule has 0 unspecified atom stereocenters. The van der Waals surface area contributed by atoms with Crippen LogP contribution in [0.1, 0.15) is 36.4 Å². The highest BCUT2D eigenvalue weighted by atomic mass is 32.1. The van der Waals surface area contributed by atoms with Gasteiger partial charge in [0.25, 0.3) is 5.91 Å². The molecule has 0 fully saturated rings. The maximum Gasteiger partial charge on any atom is 0.303 e. The standard InChI is InChI=1S/C15H16FNO3S/c1-15(2,6-5-13(18)19)17-14(20)12-8-9-7-10(16)3-4-11(9)21-12/h3-4,7-8H,5-6H2,1-2H3,(H,17,20)(H,18,19). The highest BCUT2D eigenvalue weighted by molar-refractivity contribution is 7.20. The minimum absolute atomic E-state index is 0.00902. The number of carbonyl (C=O) groups excluding carboxylic acids is 1. The van der Waals surface area contributed by atoms with Gasteiger partial charge in [-0.3, -0.25) is 9.59 Å². The van der Waals surface area contributed by atoms with Gasteiger partial charge in [-0.2, -0.15) is 0 Å². The van der Waals surface area contributed by atoms with E-state index in [9.17, 15) is 14.0 Å². The molecule has 1 aromatic carbocycles. The van der Waals surface area contributed by atoms with Crippen LogP contribution >= 0.6 is 11.3 Å². The van der Waals surface area contributed by atoms with Crippen molar-refractivity contribution in [3.05, 3.63) is 35.0 Å². The molecular weight excluding hydrogens is 293 g/mol. The van der Waals surface area contributed by atoms with Gasteiger partial charge in [0, 0.05) is 16.7 Å². The summed E-state index contributed by atoms with van der Waals surface area (Å²) in [7, 11) is 0. The molecule has 112 valence electrons. The van der Waals surface area contributed by atoms with Crippen LogP contribution in [0.2, 0.25) is 0 Å².